The van der Waals surface area contributed by atoms with Crippen LogP contribution in [-0.2, 0) is 13.0 Å². The van der Waals surface area contributed by atoms with Crippen LogP contribution in [0.2, 0.25) is 0 Å². The van der Waals surface area contributed by atoms with Gasteiger partial charge in [-0.25, -0.2) is 0 Å². The smallest absolute Gasteiger partial charge is 0.196 e. The minimum absolute atomic E-state index is 0.0575. The van der Waals surface area contributed by atoms with E-state index in [9.17, 15) is 4.79 Å². The number of hydrogen-bond donors (Lipinski definition) is 0. The summed E-state index contributed by atoms with van der Waals surface area (Å²) in [5.74, 6) is 0.0575. The number of hydrogen-bond acceptors (Lipinski definition) is 2. The zero-order valence-electron chi connectivity index (χ0n) is 10.2. The molecule has 2 aromatic rings. The lowest BCUT2D eigenvalue weighted by Crippen LogP contribution is -2.04. The Morgan fingerprint density at radius 3 is 2.71 bits per heavy atom. The third-order valence-electron chi connectivity index (χ3n) is 2.86. The summed E-state index contributed by atoms with van der Waals surface area (Å²) in [6.45, 7) is 4.84. The molecular weight excluding hydrogens is 212 g/mol. The van der Waals surface area contributed by atoms with Crippen LogP contribution in [0.3, 0.4) is 0 Å². The van der Waals surface area contributed by atoms with Crippen molar-refractivity contribution in [3.05, 3.63) is 53.3 Å². The van der Waals surface area contributed by atoms with Crippen LogP contribution in [0.5, 0.6) is 0 Å². The van der Waals surface area contributed by atoms with Crippen LogP contribution in [0, 0.1) is 0 Å². The van der Waals surface area contributed by atoms with Gasteiger partial charge in [-0.2, -0.15) is 5.10 Å². The van der Waals surface area contributed by atoms with Crippen LogP contribution in [0.4, 0.5) is 0 Å². The molecule has 1 heterocycles. The standard InChI is InChI=1S/C14H16N2O/c1-3-11-7-5-6-8-13(11)14(17)12-9-15-16(4-2)10-12/h5-10H,3-4H2,1-2H3. The SMILES string of the molecule is CCc1ccccc1C(=O)c1cnn(CC)c1. The van der Waals surface area contributed by atoms with E-state index in [1.165, 1.54) is 0 Å². The second kappa shape index (κ2) is 4.95. The molecule has 2 rings (SSSR count). The average molecular weight is 228 g/mol. The average Bonchev–Trinajstić information content (AvgIpc) is 2.86. The molecular formula is C14H16N2O. The van der Waals surface area contributed by atoms with Crippen molar-refractivity contribution >= 4 is 5.78 Å². The molecule has 0 aliphatic heterocycles. The van der Waals surface area contributed by atoms with Gasteiger partial charge >= 0.3 is 0 Å². The highest BCUT2D eigenvalue weighted by molar-refractivity contribution is 6.09. The first-order chi connectivity index (χ1) is 8.26. The van der Waals surface area contributed by atoms with Crippen molar-refractivity contribution < 1.29 is 4.79 Å². The Kier molecular flexibility index (Phi) is 3.38. The molecule has 0 unspecified atom stereocenters. The van der Waals surface area contributed by atoms with Crippen molar-refractivity contribution in [1.82, 2.24) is 9.78 Å². The molecule has 17 heavy (non-hydrogen) atoms. The Labute approximate surface area is 101 Å². The molecule has 0 atom stereocenters. The molecule has 0 N–H and O–H groups in total. The van der Waals surface area contributed by atoms with Gasteiger partial charge in [0.2, 0.25) is 0 Å². The molecule has 0 bridgehead atoms. The quantitative estimate of drug-likeness (QED) is 0.754. The molecule has 3 nitrogen and oxygen atoms in total. The maximum atomic E-state index is 12.3. The van der Waals surface area contributed by atoms with Crippen LogP contribution >= 0.6 is 0 Å². The van der Waals surface area contributed by atoms with Crippen LogP contribution < -0.4 is 0 Å². The number of aromatic nitrogens is 2. The number of benzene rings is 1. The zero-order valence-corrected chi connectivity index (χ0v) is 10.2. The lowest BCUT2D eigenvalue weighted by atomic mass is 9.99. The molecule has 0 spiro atoms. The summed E-state index contributed by atoms with van der Waals surface area (Å²) < 4.78 is 1.77. The van der Waals surface area contributed by atoms with Crippen LogP contribution in [0.1, 0.15) is 35.3 Å². The van der Waals surface area contributed by atoms with E-state index in [-0.39, 0.29) is 5.78 Å². The van der Waals surface area contributed by atoms with Gasteiger partial charge in [0.15, 0.2) is 5.78 Å². The molecule has 0 radical (unpaired) electrons. The monoisotopic (exact) mass is 228 g/mol. The van der Waals surface area contributed by atoms with Gasteiger partial charge in [-0.05, 0) is 18.9 Å². The topological polar surface area (TPSA) is 34.9 Å². The number of carbonyl (C=O) groups is 1. The maximum Gasteiger partial charge on any atom is 0.196 e. The Hall–Kier alpha value is -1.90. The minimum atomic E-state index is 0.0575. The molecule has 0 saturated carbocycles. The fourth-order valence-corrected chi connectivity index (χ4v) is 1.86. The molecule has 0 aliphatic rings. The summed E-state index contributed by atoms with van der Waals surface area (Å²) in [5.41, 5.74) is 2.53. The van der Waals surface area contributed by atoms with Gasteiger partial charge in [0.1, 0.15) is 0 Å². The van der Waals surface area contributed by atoms with Gasteiger partial charge in [0.25, 0.3) is 0 Å². The largest absolute Gasteiger partial charge is 0.288 e. The van der Waals surface area contributed by atoms with Crippen molar-refractivity contribution in [2.24, 2.45) is 0 Å². The van der Waals surface area contributed by atoms with Crippen molar-refractivity contribution in [1.29, 1.82) is 0 Å². The van der Waals surface area contributed by atoms with E-state index < -0.39 is 0 Å². The molecule has 0 saturated heterocycles. The summed E-state index contributed by atoms with van der Waals surface area (Å²) in [5, 5.41) is 4.13. The second-order valence-corrected chi connectivity index (χ2v) is 3.92. The van der Waals surface area contributed by atoms with E-state index in [0.29, 0.717) is 5.56 Å². The van der Waals surface area contributed by atoms with E-state index in [4.69, 9.17) is 0 Å². The summed E-state index contributed by atoms with van der Waals surface area (Å²) in [6, 6.07) is 7.74. The van der Waals surface area contributed by atoms with Gasteiger partial charge in [-0.3, -0.25) is 9.48 Å². The van der Waals surface area contributed by atoms with Crippen molar-refractivity contribution in [3.63, 3.8) is 0 Å². The highest BCUT2D eigenvalue weighted by Crippen LogP contribution is 2.14. The van der Waals surface area contributed by atoms with Crippen molar-refractivity contribution in [2.45, 2.75) is 26.8 Å². The number of nitrogens with zero attached hydrogens (tertiary/aromatic N) is 2. The minimum Gasteiger partial charge on any atom is -0.288 e. The number of ketones is 1. The number of carbonyl (C=O) groups excluding carboxylic acids is 1. The van der Waals surface area contributed by atoms with E-state index in [2.05, 4.69) is 12.0 Å². The molecule has 1 aromatic carbocycles. The Morgan fingerprint density at radius 2 is 2.06 bits per heavy atom. The molecule has 3 heteroatoms. The summed E-state index contributed by atoms with van der Waals surface area (Å²) >= 11 is 0. The van der Waals surface area contributed by atoms with Crippen LogP contribution in [0.25, 0.3) is 0 Å². The van der Waals surface area contributed by atoms with Crippen LogP contribution in [-0.4, -0.2) is 15.6 Å². The van der Waals surface area contributed by atoms with Crippen molar-refractivity contribution in [3.8, 4) is 0 Å². The highest BCUT2D eigenvalue weighted by atomic mass is 16.1. The van der Waals surface area contributed by atoms with E-state index in [1.54, 1.807) is 17.1 Å². The summed E-state index contributed by atoms with van der Waals surface area (Å²) in [6.07, 6.45) is 4.30. The van der Waals surface area contributed by atoms with E-state index >= 15 is 0 Å². The first-order valence-electron chi connectivity index (χ1n) is 5.91. The first kappa shape index (κ1) is 11.6. The zero-order chi connectivity index (χ0) is 12.3. The summed E-state index contributed by atoms with van der Waals surface area (Å²) in [7, 11) is 0. The van der Waals surface area contributed by atoms with E-state index in [0.717, 1.165) is 24.1 Å². The third kappa shape index (κ3) is 2.28. The lowest BCUT2D eigenvalue weighted by Gasteiger charge is -2.04. The second-order valence-electron chi connectivity index (χ2n) is 3.92. The fraction of sp³-hybridized carbons (Fsp3) is 0.286. The lowest BCUT2D eigenvalue weighted by molar-refractivity contribution is 0.103. The first-order valence-corrected chi connectivity index (χ1v) is 5.91. The number of aryl methyl sites for hydroxylation is 2. The number of rotatable bonds is 4. The predicted octanol–water partition coefficient (Wildman–Crippen LogP) is 2.70. The van der Waals surface area contributed by atoms with Gasteiger partial charge in [0, 0.05) is 18.3 Å². The molecule has 0 aliphatic carbocycles. The fourth-order valence-electron chi connectivity index (χ4n) is 1.86. The Morgan fingerprint density at radius 1 is 1.29 bits per heavy atom. The van der Waals surface area contributed by atoms with Gasteiger partial charge in [-0.1, -0.05) is 31.2 Å². The highest BCUT2D eigenvalue weighted by Gasteiger charge is 2.13. The molecule has 1 aromatic heterocycles. The van der Waals surface area contributed by atoms with Crippen LogP contribution in [0.15, 0.2) is 36.7 Å². The van der Waals surface area contributed by atoms with Gasteiger partial charge in [-0.15, -0.1) is 0 Å². The Balaban J connectivity index is 2.36. The third-order valence-corrected chi connectivity index (χ3v) is 2.86. The molecule has 88 valence electrons. The maximum absolute atomic E-state index is 12.3. The molecule has 0 fully saturated rings. The van der Waals surface area contributed by atoms with Gasteiger partial charge in [0.05, 0.1) is 11.8 Å². The molecule has 0 amide bonds. The van der Waals surface area contributed by atoms with Crippen molar-refractivity contribution in [2.75, 3.05) is 0 Å². The summed E-state index contributed by atoms with van der Waals surface area (Å²) in [4.78, 5) is 12.3. The van der Waals surface area contributed by atoms with E-state index in [1.807, 2.05) is 31.2 Å². The normalized spacial score (nSPS) is 10.5. The Bertz CT molecular complexity index is 529. The predicted molar refractivity (Wildman–Crippen MR) is 67.2 cm³/mol. The van der Waals surface area contributed by atoms with Gasteiger partial charge < -0.3 is 0 Å².